The second-order valence-electron chi connectivity index (χ2n) is 20.8. The summed E-state index contributed by atoms with van der Waals surface area (Å²) in [5, 5.41) is 0. The molecule has 0 unspecified atom stereocenters. The van der Waals surface area contributed by atoms with Crippen LogP contribution >= 0.6 is 45.2 Å². The molecule has 0 saturated heterocycles. The van der Waals surface area contributed by atoms with Crippen molar-refractivity contribution in [3.63, 3.8) is 0 Å². The molecular weight excluding hydrogens is 1070 g/mol. The van der Waals surface area contributed by atoms with Crippen molar-refractivity contribution in [2.24, 2.45) is 0 Å². The van der Waals surface area contributed by atoms with Crippen LogP contribution in [0.25, 0.3) is 35.7 Å². The number of halogens is 2. The van der Waals surface area contributed by atoms with Gasteiger partial charge in [0.05, 0.1) is 11.4 Å². The molecule has 70 heavy (non-hydrogen) atoms. The second-order valence-corrected chi connectivity index (χ2v) is 23.1. The Morgan fingerprint density at radius 1 is 0.314 bits per heavy atom. The van der Waals surface area contributed by atoms with Gasteiger partial charge in [-0.3, -0.25) is 9.97 Å². The van der Waals surface area contributed by atoms with Gasteiger partial charge in [-0.15, -0.1) is 0 Å². The Bertz CT molecular complexity index is 1850. The Morgan fingerprint density at radius 2 is 0.586 bits per heavy atom. The molecule has 0 spiro atoms. The molecule has 0 fully saturated rings. The van der Waals surface area contributed by atoms with Crippen LogP contribution < -0.4 is 0 Å². The van der Waals surface area contributed by atoms with E-state index in [0.717, 1.165) is 35.4 Å². The molecule has 0 aliphatic heterocycles. The summed E-state index contributed by atoms with van der Waals surface area (Å²) >= 11 is 5.22. The minimum atomic E-state index is 0.917. The third kappa shape index (κ3) is 25.6. The topological polar surface area (TPSA) is 25.8 Å². The van der Waals surface area contributed by atoms with Crippen LogP contribution in [0.1, 0.15) is 278 Å². The number of hydrogen-bond acceptors (Lipinski definition) is 2. The molecule has 0 radical (unpaired) electrons. The second kappa shape index (κ2) is 39.2. The van der Waals surface area contributed by atoms with Crippen molar-refractivity contribution in [2.45, 2.75) is 259 Å². The fourth-order valence-corrected chi connectivity index (χ4v) is 11.6. The largest absolute Gasteiger partial charge is 0.254 e. The van der Waals surface area contributed by atoms with Crippen LogP contribution in [-0.4, -0.2) is 9.97 Å². The van der Waals surface area contributed by atoms with Gasteiger partial charge in [-0.05, 0) is 165 Å². The molecule has 2 aromatic heterocycles. The molecule has 0 atom stereocenters. The molecule has 0 amide bonds. The first kappa shape index (κ1) is 60.2. The van der Waals surface area contributed by atoms with E-state index in [4.69, 9.17) is 9.97 Å². The molecular formula is C66H98I2N2. The summed E-state index contributed by atoms with van der Waals surface area (Å²) in [7, 11) is 0. The van der Waals surface area contributed by atoms with Gasteiger partial charge in [-0.25, -0.2) is 0 Å². The molecule has 4 rings (SSSR count). The SMILES string of the molecule is CCCCCCCCCCc1cc(/C=C/c2ccc(-c3ccc(/C=C/c4cc(CCCCCCCCCC)c(I)cc4CCCCCCCCCC)cn3)nc2)c(CCCCCCCCCC)cc1I. The number of aryl methyl sites for hydroxylation is 4. The Kier molecular flexibility index (Phi) is 33.7. The molecule has 2 heterocycles. The third-order valence-corrected chi connectivity index (χ3v) is 16.6. The van der Waals surface area contributed by atoms with Crippen molar-refractivity contribution in [2.75, 3.05) is 0 Å². The summed E-state index contributed by atoms with van der Waals surface area (Å²) in [4.78, 5) is 9.85. The van der Waals surface area contributed by atoms with Crippen LogP contribution in [0, 0.1) is 7.14 Å². The smallest absolute Gasteiger partial charge is 0.0886 e. The van der Waals surface area contributed by atoms with E-state index in [-0.39, 0.29) is 0 Å². The lowest BCUT2D eigenvalue weighted by molar-refractivity contribution is 0.574. The molecule has 2 nitrogen and oxygen atoms in total. The minimum absolute atomic E-state index is 0.917. The van der Waals surface area contributed by atoms with Gasteiger partial charge in [-0.2, -0.15) is 0 Å². The van der Waals surface area contributed by atoms with Crippen molar-refractivity contribution in [1.29, 1.82) is 0 Å². The standard InChI is InChI=1S/C66H98I2N2/c1-5-9-13-17-21-25-29-33-37-57-51-63(67)61(39-35-31-27-23-19-15-11-7-3)49-59(57)45-41-55-43-47-65(69-53-55)66-48-44-56(54-70-66)42-46-60-50-62(40-36-32-28-24-20-16-12-8-4)64(68)52-58(60)38-34-30-26-22-18-14-10-6-2/h41-54H,5-40H2,1-4H3/b45-41+,46-42+. The van der Waals surface area contributed by atoms with Crippen LogP contribution in [0.15, 0.2) is 60.9 Å². The lowest BCUT2D eigenvalue weighted by Crippen LogP contribution is -1.98. The van der Waals surface area contributed by atoms with E-state index < -0.39 is 0 Å². The van der Waals surface area contributed by atoms with Gasteiger partial charge >= 0.3 is 0 Å². The van der Waals surface area contributed by atoms with Crippen LogP contribution in [0.5, 0.6) is 0 Å². The monoisotopic (exact) mass is 1170 g/mol. The predicted molar refractivity (Wildman–Crippen MR) is 329 cm³/mol. The Hall–Kier alpha value is -2.32. The molecule has 0 N–H and O–H groups in total. The highest BCUT2D eigenvalue weighted by Gasteiger charge is 2.11. The van der Waals surface area contributed by atoms with Gasteiger partial charge in [0.1, 0.15) is 0 Å². The van der Waals surface area contributed by atoms with Crippen LogP contribution in [-0.2, 0) is 25.7 Å². The van der Waals surface area contributed by atoms with Crippen molar-refractivity contribution in [3.05, 3.63) is 113 Å². The minimum Gasteiger partial charge on any atom is -0.254 e. The molecule has 0 aliphatic carbocycles. The van der Waals surface area contributed by atoms with Gasteiger partial charge in [-0.1, -0.05) is 256 Å². The first-order valence-electron chi connectivity index (χ1n) is 29.4. The Morgan fingerprint density at radius 3 is 0.857 bits per heavy atom. The maximum Gasteiger partial charge on any atom is 0.0886 e. The zero-order chi connectivity index (χ0) is 49.7. The van der Waals surface area contributed by atoms with E-state index in [1.165, 1.54) is 259 Å². The fourth-order valence-electron chi connectivity index (χ4n) is 9.96. The van der Waals surface area contributed by atoms with Gasteiger partial charge in [0.15, 0.2) is 0 Å². The van der Waals surface area contributed by atoms with Crippen LogP contribution in [0.3, 0.4) is 0 Å². The van der Waals surface area contributed by atoms with E-state index in [9.17, 15) is 0 Å². The van der Waals surface area contributed by atoms with Crippen molar-refractivity contribution < 1.29 is 0 Å². The zero-order valence-corrected chi connectivity index (χ0v) is 49.5. The molecule has 386 valence electrons. The number of hydrogen-bond donors (Lipinski definition) is 0. The van der Waals surface area contributed by atoms with E-state index in [1.807, 2.05) is 12.4 Å². The normalized spacial score (nSPS) is 11.8. The molecule has 4 heteroatoms. The van der Waals surface area contributed by atoms with Gasteiger partial charge in [0, 0.05) is 19.5 Å². The Balaban J connectivity index is 1.41. The molecule has 0 bridgehead atoms. The lowest BCUT2D eigenvalue weighted by Gasteiger charge is -2.13. The molecule has 4 aromatic rings. The average Bonchev–Trinajstić information content (AvgIpc) is 3.37. The van der Waals surface area contributed by atoms with Gasteiger partial charge < -0.3 is 0 Å². The first-order chi connectivity index (χ1) is 34.4. The van der Waals surface area contributed by atoms with Crippen LogP contribution in [0.2, 0.25) is 0 Å². The number of rotatable bonds is 41. The number of unbranched alkanes of at least 4 members (excludes halogenated alkanes) is 28. The summed E-state index contributed by atoms with van der Waals surface area (Å²) < 4.78 is 2.89. The highest BCUT2D eigenvalue weighted by molar-refractivity contribution is 14.1. The van der Waals surface area contributed by atoms with E-state index in [1.54, 1.807) is 0 Å². The molecule has 0 saturated carbocycles. The summed E-state index contributed by atoms with van der Waals surface area (Å²) in [5.41, 5.74) is 12.9. The maximum atomic E-state index is 4.92. The van der Waals surface area contributed by atoms with Crippen LogP contribution in [0.4, 0.5) is 0 Å². The number of pyridine rings is 2. The average molecular weight is 1170 g/mol. The van der Waals surface area contributed by atoms with E-state index in [0.29, 0.717) is 0 Å². The highest BCUT2D eigenvalue weighted by atomic mass is 127. The summed E-state index contributed by atoms with van der Waals surface area (Å²) in [6.07, 6.45) is 61.5. The number of nitrogens with zero attached hydrogens (tertiary/aromatic N) is 2. The first-order valence-corrected chi connectivity index (χ1v) is 31.5. The number of aromatic nitrogens is 2. The predicted octanol–water partition coefficient (Wildman–Crippen LogP) is 22.4. The van der Waals surface area contributed by atoms with Crippen molar-refractivity contribution in [1.82, 2.24) is 9.97 Å². The van der Waals surface area contributed by atoms with Crippen molar-refractivity contribution >= 4 is 69.5 Å². The maximum absolute atomic E-state index is 4.92. The third-order valence-electron chi connectivity index (χ3n) is 14.6. The fraction of sp³-hybridized carbons (Fsp3) is 0.606. The van der Waals surface area contributed by atoms with E-state index >= 15 is 0 Å². The Labute approximate surface area is 458 Å². The number of benzene rings is 2. The van der Waals surface area contributed by atoms with Gasteiger partial charge in [0.25, 0.3) is 0 Å². The summed E-state index contributed by atoms with van der Waals surface area (Å²) in [6, 6.07) is 18.7. The summed E-state index contributed by atoms with van der Waals surface area (Å²) in [5.74, 6) is 0. The van der Waals surface area contributed by atoms with E-state index in [2.05, 4.69) is 146 Å². The summed E-state index contributed by atoms with van der Waals surface area (Å²) in [6.45, 7) is 9.22. The zero-order valence-electron chi connectivity index (χ0n) is 45.2. The molecule has 2 aromatic carbocycles. The highest BCUT2D eigenvalue weighted by Crippen LogP contribution is 2.28. The van der Waals surface area contributed by atoms with Crippen molar-refractivity contribution in [3.8, 4) is 11.4 Å². The molecule has 0 aliphatic rings. The van der Waals surface area contributed by atoms with Gasteiger partial charge in [0.2, 0.25) is 0 Å². The lowest BCUT2D eigenvalue weighted by atomic mass is 9.95. The quantitative estimate of drug-likeness (QED) is 0.0327.